The topological polar surface area (TPSA) is 35.5 Å². The maximum atomic E-state index is 13.0. The molecule has 0 N–H and O–H groups in total. The minimum atomic E-state index is -0.0998. The molecule has 0 saturated heterocycles. The van der Waals surface area contributed by atoms with Gasteiger partial charge in [0, 0.05) is 39.4 Å². The van der Waals surface area contributed by atoms with Crippen LogP contribution in [0.25, 0.3) is 11.1 Å². The first-order valence-corrected chi connectivity index (χ1v) is 13.8. The van der Waals surface area contributed by atoms with E-state index < -0.39 is 0 Å². The van der Waals surface area contributed by atoms with Gasteiger partial charge in [0.25, 0.3) is 0 Å². The van der Waals surface area contributed by atoms with Crippen LogP contribution in [-0.4, -0.2) is 25.3 Å². The zero-order chi connectivity index (χ0) is 26.1. The number of methoxy groups -OCH3 is 2. The number of hydrogen-bond acceptors (Lipinski definition) is 3. The minimum absolute atomic E-state index is 0.0998. The van der Waals surface area contributed by atoms with E-state index in [1.54, 1.807) is 20.3 Å². The molecule has 0 aromatic heterocycles. The Bertz CT molecular complexity index is 1280. The Labute approximate surface area is 230 Å². The molecule has 2 aromatic carbocycles. The zero-order valence-electron chi connectivity index (χ0n) is 20.8. The summed E-state index contributed by atoms with van der Waals surface area (Å²) in [6, 6.07) is 13.7. The highest BCUT2D eigenvalue weighted by Gasteiger charge is 2.12. The number of hydrogen-bond donors (Lipinski definition) is 0. The first-order valence-electron chi connectivity index (χ1n) is 11.6. The summed E-state index contributed by atoms with van der Waals surface area (Å²) < 4.78 is 10.9. The molecule has 5 heteroatoms. The number of ether oxygens (including phenoxy) is 2. The minimum Gasteiger partial charge on any atom is -0.500 e. The lowest BCUT2D eigenvalue weighted by atomic mass is 9.97. The molecule has 3 rings (SSSR count). The van der Waals surface area contributed by atoms with Gasteiger partial charge in [0.05, 0.1) is 14.2 Å². The van der Waals surface area contributed by atoms with Crippen LogP contribution in [0.3, 0.4) is 0 Å². The molecule has 36 heavy (non-hydrogen) atoms. The van der Waals surface area contributed by atoms with Crippen LogP contribution in [-0.2, 0) is 10.1 Å². The second kappa shape index (κ2) is 13.4. The number of ketones is 1. The van der Waals surface area contributed by atoms with Crippen molar-refractivity contribution in [3.8, 4) is 16.9 Å². The smallest absolute Gasteiger partial charge is 0.192 e. The Morgan fingerprint density at radius 1 is 1.00 bits per heavy atom. The molecule has 0 saturated carbocycles. The highest BCUT2D eigenvalue weighted by atomic mass is 79.9. The van der Waals surface area contributed by atoms with Crippen molar-refractivity contribution in [3.05, 3.63) is 125 Å². The van der Waals surface area contributed by atoms with Gasteiger partial charge in [0.1, 0.15) is 11.5 Å². The summed E-state index contributed by atoms with van der Waals surface area (Å²) >= 11 is 7.06. The van der Waals surface area contributed by atoms with Crippen molar-refractivity contribution in [1.29, 1.82) is 0 Å². The number of halogens is 2. The van der Waals surface area contributed by atoms with Gasteiger partial charge in [-0.25, -0.2) is 0 Å². The molecule has 0 aliphatic heterocycles. The number of alkyl halides is 2. The van der Waals surface area contributed by atoms with Crippen molar-refractivity contribution in [2.24, 2.45) is 0 Å². The van der Waals surface area contributed by atoms with Crippen LogP contribution in [0.15, 0.2) is 114 Å². The molecule has 0 atom stereocenters. The van der Waals surface area contributed by atoms with Gasteiger partial charge in [0.15, 0.2) is 5.78 Å². The van der Waals surface area contributed by atoms with Crippen LogP contribution in [0, 0.1) is 0 Å². The molecule has 0 amide bonds. The summed E-state index contributed by atoms with van der Waals surface area (Å²) in [5.74, 6) is 1.69. The van der Waals surface area contributed by atoms with Crippen LogP contribution in [0.2, 0.25) is 0 Å². The SMILES string of the molecule is C=C(/C=C\C(=C/C)C1=CC(CBr)=C(OC)CC=C1)C(=O)c1ccc(-c2ccc(OC)c(CBr)c2)cc1. The number of rotatable bonds is 10. The molecular weight excluding hydrogens is 580 g/mol. The highest BCUT2D eigenvalue weighted by Crippen LogP contribution is 2.29. The number of allylic oxidation sites excluding steroid dienone is 10. The summed E-state index contributed by atoms with van der Waals surface area (Å²) in [6.45, 7) is 6.01. The predicted molar refractivity (Wildman–Crippen MR) is 157 cm³/mol. The number of benzene rings is 2. The van der Waals surface area contributed by atoms with Gasteiger partial charge in [-0.15, -0.1) is 0 Å². The van der Waals surface area contributed by atoms with Gasteiger partial charge in [-0.05, 0) is 47.4 Å². The number of carbonyl (C=O) groups excluding carboxylic acids is 1. The zero-order valence-corrected chi connectivity index (χ0v) is 24.0. The molecule has 2 aromatic rings. The average molecular weight is 610 g/mol. The molecule has 1 aliphatic carbocycles. The molecule has 0 fully saturated rings. The molecule has 0 unspecified atom stereocenters. The van der Waals surface area contributed by atoms with E-state index in [0.717, 1.165) is 51.3 Å². The van der Waals surface area contributed by atoms with Crippen LogP contribution in [0.5, 0.6) is 5.75 Å². The van der Waals surface area contributed by atoms with Crippen LogP contribution < -0.4 is 4.74 Å². The van der Waals surface area contributed by atoms with Gasteiger partial charge >= 0.3 is 0 Å². The van der Waals surface area contributed by atoms with E-state index in [1.807, 2.05) is 55.5 Å². The fourth-order valence-corrected chi connectivity index (χ4v) is 4.85. The molecule has 0 heterocycles. The first kappa shape index (κ1) is 27.7. The van der Waals surface area contributed by atoms with Gasteiger partial charge < -0.3 is 9.47 Å². The second-order valence-electron chi connectivity index (χ2n) is 8.16. The van der Waals surface area contributed by atoms with Crippen molar-refractivity contribution in [2.75, 3.05) is 19.5 Å². The van der Waals surface area contributed by atoms with Crippen molar-refractivity contribution in [1.82, 2.24) is 0 Å². The second-order valence-corrected chi connectivity index (χ2v) is 9.28. The number of Topliss-reactive ketones (excluding diaryl/α,β-unsaturated/α-hetero) is 1. The average Bonchev–Trinajstić information content (AvgIpc) is 3.14. The quantitative estimate of drug-likeness (QED) is 0.117. The van der Waals surface area contributed by atoms with E-state index in [9.17, 15) is 4.79 Å². The summed E-state index contributed by atoms with van der Waals surface area (Å²) in [6.07, 6.45) is 12.8. The lowest BCUT2D eigenvalue weighted by molar-refractivity contribution is 0.103. The van der Waals surface area contributed by atoms with Gasteiger partial charge in [-0.2, -0.15) is 0 Å². The lowest BCUT2D eigenvalue weighted by Crippen LogP contribution is -2.00. The molecular formula is C31H30Br2O3. The normalized spacial score (nSPS) is 14.0. The van der Waals surface area contributed by atoms with E-state index in [1.165, 1.54) is 0 Å². The van der Waals surface area contributed by atoms with Crippen LogP contribution >= 0.6 is 31.9 Å². The number of carbonyl (C=O) groups is 1. The largest absolute Gasteiger partial charge is 0.500 e. The third-order valence-electron chi connectivity index (χ3n) is 5.98. The van der Waals surface area contributed by atoms with Gasteiger partial charge in [-0.3, -0.25) is 4.79 Å². The van der Waals surface area contributed by atoms with E-state index >= 15 is 0 Å². The molecule has 186 valence electrons. The first-order chi connectivity index (χ1) is 17.4. The van der Waals surface area contributed by atoms with E-state index in [0.29, 0.717) is 21.8 Å². The Morgan fingerprint density at radius 2 is 1.72 bits per heavy atom. The fourth-order valence-electron chi connectivity index (χ4n) is 3.93. The third-order valence-corrected chi connectivity index (χ3v) is 7.19. The summed E-state index contributed by atoms with van der Waals surface area (Å²) in [4.78, 5) is 13.0. The molecule has 0 radical (unpaired) electrons. The summed E-state index contributed by atoms with van der Waals surface area (Å²) in [5.41, 5.74) is 7.37. The van der Waals surface area contributed by atoms with Crippen molar-refractivity contribution >= 4 is 37.6 Å². The Balaban J connectivity index is 1.76. The lowest BCUT2D eigenvalue weighted by Gasteiger charge is -2.10. The highest BCUT2D eigenvalue weighted by molar-refractivity contribution is 9.09. The van der Waals surface area contributed by atoms with Crippen molar-refractivity contribution < 1.29 is 14.3 Å². The Hall–Kier alpha value is -2.89. The van der Waals surface area contributed by atoms with Crippen molar-refractivity contribution in [2.45, 2.75) is 18.7 Å². The van der Waals surface area contributed by atoms with Gasteiger partial charge in [-0.1, -0.05) is 99.2 Å². The van der Waals surface area contributed by atoms with E-state index in [-0.39, 0.29) is 5.78 Å². The molecule has 3 nitrogen and oxygen atoms in total. The Morgan fingerprint density at radius 3 is 2.33 bits per heavy atom. The molecule has 0 spiro atoms. The molecule has 0 bridgehead atoms. The predicted octanol–water partition coefficient (Wildman–Crippen LogP) is 8.68. The van der Waals surface area contributed by atoms with Gasteiger partial charge in [0.2, 0.25) is 0 Å². The van der Waals surface area contributed by atoms with E-state index in [2.05, 4.69) is 62.7 Å². The summed E-state index contributed by atoms with van der Waals surface area (Å²) in [7, 11) is 3.36. The Kier molecular flexibility index (Phi) is 10.3. The molecule has 1 aliphatic rings. The third kappa shape index (κ3) is 6.65. The van der Waals surface area contributed by atoms with Crippen LogP contribution in [0.4, 0.5) is 0 Å². The maximum Gasteiger partial charge on any atom is 0.192 e. The maximum absolute atomic E-state index is 13.0. The monoisotopic (exact) mass is 608 g/mol. The summed E-state index contributed by atoms with van der Waals surface area (Å²) in [5, 5.41) is 1.41. The van der Waals surface area contributed by atoms with Crippen molar-refractivity contribution in [3.63, 3.8) is 0 Å². The van der Waals surface area contributed by atoms with E-state index in [4.69, 9.17) is 9.47 Å². The fraction of sp³-hybridized carbons (Fsp3) is 0.194. The standard InChI is InChI=1S/C31H30Br2O3/c1-5-22(25-7-6-8-29(35-3)27(17-25)19-32)10-9-21(2)31(34)24-13-11-23(12-14-24)26-15-16-30(36-4)28(18-26)20-33/h5-7,9-18H,2,8,19-20H2,1,3-4H3/b10-9-,22-5+. The van der Waals surface area contributed by atoms with Crippen LogP contribution in [0.1, 0.15) is 29.3 Å².